The van der Waals surface area contributed by atoms with E-state index in [1.807, 2.05) is 0 Å². The van der Waals surface area contributed by atoms with Gasteiger partial charge in [0.05, 0.1) is 7.11 Å². The van der Waals surface area contributed by atoms with Gasteiger partial charge in [0.15, 0.2) is 0 Å². The molecule has 1 aromatic rings. The molecule has 0 saturated heterocycles. The van der Waals surface area contributed by atoms with Gasteiger partial charge in [-0.25, -0.2) is 4.39 Å². The Morgan fingerprint density at radius 3 is 2.32 bits per heavy atom. The number of hydrogen-bond donors (Lipinski definition) is 1. The largest absolute Gasteiger partial charge is 0.496 e. The predicted octanol–water partition coefficient (Wildman–Crippen LogP) is 3.39. The van der Waals surface area contributed by atoms with Gasteiger partial charge in [0.1, 0.15) is 11.6 Å². The minimum absolute atomic E-state index is 0.115. The maximum atomic E-state index is 13.6. The summed E-state index contributed by atoms with van der Waals surface area (Å²) in [5.74, 6) is 0.676. The summed E-state index contributed by atoms with van der Waals surface area (Å²) in [5.41, 5.74) is 7.50. The molecule has 3 saturated carbocycles. The molecule has 2 bridgehead atoms. The number of ether oxygens (including phenoxy) is 1. The molecule has 2 N–H and O–H groups in total. The molecule has 0 unspecified atom stereocenters. The first kappa shape index (κ1) is 12.9. The zero-order valence-corrected chi connectivity index (χ0v) is 11.5. The maximum absolute atomic E-state index is 13.6. The van der Waals surface area contributed by atoms with Crippen LogP contribution in [0.1, 0.15) is 44.1 Å². The first-order chi connectivity index (χ1) is 9.13. The summed E-state index contributed by atoms with van der Waals surface area (Å²) in [6, 6.07) is 4.92. The monoisotopic (exact) mass is 263 g/mol. The van der Waals surface area contributed by atoms with Gasteiger partial charge in [-0.1, -0.05) is 0 Å². The second kappa shape index (κ2) is 4.48. The molecule has 0 aliphatic heterocycles. The van der Waals surface area contributed by atoms with Gasteiger partial charge < -0.3 is 10.5 Å². The van der Waals surface area contributed by atoms with Crippen molar-refractivity contribution in [1.29, 1.82) is 0 Å². The number of fused-ring (bicyclic) bond motifs is 3. The van der Waals surface area contributed by atoms with E-state index in [0.29, 0.717) is 5.41 Å². The number of halogens is 1. The van der Waals surface area contributed by atoms with Crippen LogP contribution in [-0.4, -0.2) is 13.7 Å². The van der Waals surface area contributed by atoms with Crippen LogP contribution in [0.4, 0.5) is 4.39 Å². The van der Waals surface area contributed by atoms with E-state index in [0.717, 1.165) is 37.1 Å². The van der Waals surface area contributed by atoms with E-state index in [4.69, 9.17) is 10.5 Å². The van der Waals surface area contributed by atoms with Crippen LogP contribution in [0, 0.1) is 11.2 Å². The molecule has 0 radical (unpaired) electrons. The van der Waals surface area contributed by atoms with E-state index in [1.54, 1.807) is 19.2 Å². The van der Waals surface area contributed by atoms with E-state index in [9.17, 15) is 4.39 Å². The van der Waals surface area contributed by atoms with Gasteiger partial charge in [0, 0.05) is 5.56 Å². The lowest BCUT2D eigenvalue weighted by Crippen LogP contribution is -2.47. The lowest BCUT2D eigenvalue weighted by molar-refractivity contribution is 0.0457. The minimum atomic E-state index is -0.161. The van der Waals surface area contributed by atoms with Gasteiger partial charge >= 0.3 is 0 Å². The van der Waals surface area contributed by atoms with Crippen molar-refractivity contribution in [1.82, 2.24) is 0 Å². The van der Waals surface area contributed by atoms with Crippen LogP contribution in [0.25, 0.3) is 0 Å². The summed E-state index contributed by atoms with van der Waals surface area (Å²) < 4.78 is 19.1. The van der Waals surface area contributed by atoms with Crippen molar-refractivity contribution in [2.75, 3.05) is 13.7 Å². The van der Waals surface area contributed by atoms with Crippen molar-refractivity contribution in [2.45, 2.75) is 43.9 Å². The molecule has 19 heavy (non-hydrogen) atoms. The van der Waals surface area contributed by atoms with Crippen molar-refractivity contribution in [3.8, 4) is 5.75 Å². The summed E-state index contributed by atoms with van der Waals surface area (Å²) in [7, 11) is 1.67. The molecule has 0 atom stereocenters. The predicted molar refractivity (Wildman–Crippen MR) is 73.8 cm³/mol. The average molecular weight is 263 g/mol. The zero-order valence-electron chi connectivity index (χ0n) is 11.5. The molecule has 4 rings (SSSR count). The lowest BCUT2D eigenvalue weighted by Gasteiger charge is -2.53. The summed E-state index contributed by atoms with van der Waals surface area (Å²) in [6.07, 6.45) is 6.85. The maximum Gasteiger partial charge on any atom is 0.123 e. The highest BCUT2D eigenvalue weighted by Gasteiger charge is 2.49. The van der Waals surface area contributed by atoms with Crippen LogP contribution in [-0.2, 0) is 5.41 Å². The van der Waals surface area contributed by atoms with Gasteiger partial charge in [-0.15, -0.1) is 0 Å². The van der Waals surface area contributed by atoms with Gasteiger partial charge in [0.25, 0.3) is 0 Å². The molecular weight excluding hydrogens is 241 g/mol. The molecule has 3 heteroatoms. The van der Waals surface area contributed by atoms with Crippen molar-refractivity contribution >= 4 is 0 Å². The highest BCUT2D eigenvalue weighted by Crippen LogP contribution is 2.58. The Labute approximate surface area is 114 Å². The molecule has 0 amide bonds. The molecule has 0 heterocycles. The number of methoxy groups -OCH3 is 1. The third-order valence-corrected chi connectivity index (χ3v) is 5.57. The number of hydrogen-bond acceptors (Lipinski definition) is 2. The number of nitrogens with two attached hydrogens (primary N) is 1. The average Bonchev–Trinajstić information content (AvgIpc) is 2.49. The first-order valence-corrected chi connectivity index (χ1v) is 7.17. The topological polar surface area (TPSA) is 35.2 Å². The summed E-state index contributed by atoms with van der Waals surface area (Å²) in [4.78, 5) is 0. The van der Waals surface area contributed by atoms with E-state index in [2.05, 4.69) is 0 Å². The Kier molecular flexibility index (Phi) is 3.05. The van der Waals surface area contributed by atoms with E-state index in [-0.39, 0.29) is 11.2 Å². The molecule has 104 valence electrons. The van der Waals surface area contributed by atoms with Crippen LogP contribution in [0.15, 0.2) is 18.2 Å². The summed E-state index contributed by atoms with van der Waals surface area (Å²) >= 11 is 0. The number of benzene rings is 1. The van der Waals surface area contributed by atoms with Gasteiger partial charge in [-0.3, -0.25) is 0 Å². The fourth-order valence-electron chi connectivity index (χ4n) is 4.07. The van der Waals surface area contributed by atoms with E-state index >= 15 is 0 Å². The molecule has 2 nitrogen and oxygen atoms in total. The highest BCUT2D eigenvalue weighted by molar-refractivity contribution is 5.41. The Balaban J connectivity index is 1.97. The molecule has 3 aliphatic carbocycles. The third-order valence-electron chi connectivity index (χ3n) is 5.57. The fraction of sp³-hybridized carbons (Fsp3) is 0.625. The molecule has 1 aromatic carbocycles. The SMILES string of the molecule is COc1ccc(F)cc1C12CCC(CN)(CC1)CC2. The second-order valence-electron chi connectivity index (χ2n) is 6.33. The summed E-state index contributed by atoms with van der Waals surface area (Å²) in [6.45, 7) is 0.795. The van der Waals surface area contributed by atoms with E-state index < -0.39 is 0 Å². The second-order valence-corrected chi connectivity index (χ2v) is 6.33. The highest BCUT2D eigenvalue weighted by atomic mass is 19.1. The standard InChI is InChI=1S/C16H22FNO/c1-19-14-3-2-12(17)10-13(14)16-7-4-15(11-18,5-8-16)6-9-16/h2-3,10H,4-9,11,18H2,1H3. The van der Waals surface area contributed by atoms with Crippen LogP contribution >= 0.6 is 0 Å². The molecular formula is C16H22FNO. The molecule has 0 spiro atoms. The molecule has 0 aromatic heterocycles. The smallest absolute Gasteiger partial charge is 0.123 e. The Bertz CT molecular complexity index is 461. The lowest BCUT2D eigenvalue weighted by atomic mass is 9.52. The van der Waals surface area contributed by atoms with Crippen LogP contribution < -0.4 is 10.5 Å². The van der Waals surface area contributed by atoms with Crippen molar-refractivity contribution < 1.29 is 9.13 Å². The Morgan fingerprint density at radius 1 is 1.16 bits per heavy atom. The third kappa shape index (κ3) is 1.95. The molecule has 3 fully saturated rings. The zero-order chi connectivity index (χ0) is 13.5. The van der Waals surface area contributed by atoms with Gasteiger partial charge in [-0.05, 0) is 74.1 Å². The Hall–Kier alpha value is -1.09. The van der Waals surface area contributed by atoms with Crippen LogP contribution in [0.5, 0.6) is 5.75 Å². The van der Waals surface area contributed by atoms with Crippen LogP contribution in [0.2, 0.25) is 0 Å². The quantitative estimate of drug-likeness (QED) is 0.907. The van der Waals surface area contributed by atoms with Crippen LogP contribution in [0.3, 0.4) is 0 Å². The minimum Gasteiger partial charge on any atom is -0.496 e. The Morgan fingerprint density at radius 2 is 1.79 bits per heavy atom. The van der Waals surface area contributed by atoms with Crippen molar-refractivity contribution in [3.63, 3.8) is 0 Å². The van der Waals surface area contributed by atoms with Crippen molar-refractivity contribution in [3.05, 3.63) is 29.6 Å². The summed E-state index contributed by atoms with van der Waals surface area (Å²) in [5, 5.41) is 0. The number of rotatable bonds is 3. The normalized spacial score (nSPS) is 33.4. The van der Waals surface area contributed by atoms with Crippen molar-refractivity contribution in [2.24, 2.45) is 11.1 Å². The molecule has 3 aliphatic rings. The first-order valence-electron chi connectivity index (χ1n) is 7.17. The van der Waals surface area contributed by atoms with E-state index in [1.165, 1.54) is 25.3 Å². The fourth-order valence-corrected chi connectivity index (χ4v) is 4.07. The van der Waals surface area contributed by atoms with Gasteiger partial charge in [0.2, 0.25) is 0 Å². The van der Waals surface area contributed by atoms with Gasteiger partial charge in [-0.2, -0.15) is 0 Å².